The van der Waals surface area contributed by atoms with Crippen molar-refractivity contribution in [3.8, 4) is 28.2 Å². The zero-order valence-corrected chi connectivity index (χ0v) is 25.4. The van der Waals surface area contributed by atoms with Crippen molar-refractivity contribution in [1.29, 1.82) is 0 Å². The van der Waals surface area contributed by atoms with Gasteiger partial charge in [0, 0.05) is 49.4 Å². The maximum absolute atomic E-state index is 9.93. The van der Waals surface area contributed by atoms with E-state index in [4.69, 9.17) is 27.4 Å². The zero-order chi connectivity index (χ0) is 59.6. The fourth-order valence-corrected chi connectivity index (χ4v) is 6.35. The summed E-state index contributed by atoms with van der Waals surface area (Å²) in [6, 6.07) is -25.6. The predicted octanol–water partition coefficient (Wildman–Crippen LogP) is 12.6. The van der Waals surface area contributed by atoms with Crippen molar-refractivity contribution in [2.75, 3.05) is 0 Å². The number of fused-ring (bicyclic) bond motifs is 9. The number of hydrogen-bond acceptors (Lipinski definition) is 0. The second-order valence-electron chi connectivity index (χ2n) is 11.1. The summed E-state index contributed by atoms with van der Waals surface area (Å²) < 4.78 is 272. The molecular formula is C48H31N3. The Morgan fingerprint density at radius 3 is 1.10 bits per heavy atom. The number of nitrogens with zero attached hydrogens (tertiary/aromatic N) is 3. The minimum absolute atomic E-state index is 0.493. The Labute approximate surface area is 336 Å². The molecule has 0 spiro atoms. The Hall–Kier alpha value is -6.84. The van der Waals surface area contributed by atoms with Gasteiger partial charge in [0.25, 0.3) is 0 Å². The first-order chi connectivity index (χ1) is 37.8. The van der Waals surface area contributed by atoms with Gasteiger partial charge in [-0.3, -0.25) is 0 Å². The van der Waals surface area contributed by atoms with Crippen molar-refractivity contribution in [2.45, 2.75) is 0 Å². The Balaban J connectivity index is 1.33. The molecule has 0 aliphatic heterocycles. The smallest absolute Gasteiger partial charge is 0.0652 e. The summed E-state index contributed by atoms with van der Waals surface area (Å²) in [4.78, 5) is 0. The van der Waals surface area contributed by atoms with E-state index in [0.717, 1.165) is 19.8 Å². The summed E-state index contributed by atoms with van der Waals surface area (Å²) in [7, 11) is 0. The largest absolute Gasteiger partial charge is 0.309 e. The number of benzene rings is 8. The van der Waals surface area contributed by atoms with E-state index < -0.39 is 275 Å². The van der Waals surface area contributed by atoms with Gasteiger partial charge in [-0.05, 0) is 95.7 Å². The van der Waals surface area contributed by atoms with E-state index in [0.29, 0.717) is 0 Å². The first-order valence-electron chi connectivity index (χ1n) is 30.1. The molecule has 11 rings (SSSR count). The molecular weight excluding hydrogens is 619 g/mol. The summed E-state index contributed by atoms with van der Waals surface area (Å²) in [5, 5.41) is -3.34. The van der Waals surface area contributed by atoms with Gasteiger partial charge >= 0.3 is 0 Å². The summed E-state index contributed by atoms with van der Waals surface area (Å²) in [5.41, 5.74) is -7.07. The molecule has 11 aromatic rings. The van der Waals surface area contributed by atoms with Crippen molar-refractivity contribution in [2.24, 2.45) is 0 Å². The quantitative estimate of drug-likeness (QED) is 0.176. The highest BCUT2D eigenvalue weighted by Crippen LogP contribution is 2.40. The van der Waals surface area contributed by atoms with Crippen LogP contribution in [0.3, 0.4) is 0 Å². The van der Waals surface area contributed by atoms with Crippen molar-refractivity contribution in [3.05, 3.63) is 187 Å². The maximum atomic E-state index is 9.93. The van der Waals surface area contributed by atoms with E-state index in [1.165, 1.54) is 0 Å². The van der Waals surface area contributed by atoms with Crippen molar-refractivity contribution >= 4 is 65.4 Å². The molecule has 0 saturated carbocycles. The summed E-state index contributed by atoms with van der Waals surface area (Å²) in [6.45, 7) is 0. The highest BCUT2D eigenvalue weighted by molar-refractivity contribution is 6.14. The van der Waals surface area contributed by atoms with Crippen LogP contribution in [0.1, 0.15) is 41.1 Å². The van der Waals surface area contributed by atoms with E-state index in [9.17, 15) is 13.7 Å². The molecule has 0 aliphatic rings. The topological polar surface area (TPSA) is 14.8 Å². The van der Waals surface area contributed by atoms with Crippen LogP contribution in [-0.2, 0) is 0 Å². The molecule has 0 atom stereocenters. The molecule has 0 unspecified atom stereocenters. The van der Waals surface area contributed by atoms with Crippen molar-refractivity contribution in [3.63, 3.8) is 0 Å². The van der Waals surface area contributed by atoms with Crippen LogP contribution < -0.4 is 0 Å². The normalized spacial score (nSPS) is 20.2. The highest BCUT2D eigenvalue weighted by atomic mass is 15.0. The van der Waals surface area contributed by atoms with Crippen LogP contribution in [0, 0.1) is 0 Å². The Bertz CT molecular complexity index is 4820. The second-order valence-corrected chi connectivity index (χ2v) is 11.1. The molecule has 0 bridgehead atoms. The van der Waals surface area contributed by atoms with Gasteiger partial charge in [0.2, 0.25) is 0 Å². The van der Waals surface area contributed by atoms with E-state index in [-0.39, 0.29) is 0 Å². The first-order valence-corrected chi connectivity index (χ1v) is 15.1. The van der Waals surface area contributed by atoms with Gasteiger partial charge in [0.15, 0.2) is 0 Å². The Kier molecular flexibility index (Phi) is 2.47. The van der Waals surface area contributed by atoms with E-state index >= 15 is 0 Å². The number of para-hydroxylation sites is 5. The van der Waals surface area contributed by atoms with Crippen LogP contribution >= 0.6 is 0 Å². The van der Waals surface area contributed by atoms with Gasteiger partial charge in [-0.25, -0.2) is 0 Å². The van der Waals surface area contributed by atoms with Crippen LogP contribution in [0.4, 0.5) is 0 Å². The number of rotatable bonds is 4. The fourth-order valence-electron chi connectivity index (χ4n) is 6.35. The second kappa shape index (κ2) is 10.8. The highest BCUT2D eigenvalue weighted by Gasteiger charge is 2.18. The van der Waals surface area contributed by atoms with Gasteiger partial charge in [0.05, 0.1) is 74.2 Å². The van der Waals surface area contributed by atoms with Crippen LogP contribution in [0.15, 0.2) is 187 Å². The molecule has 8 aromatic carbocycles. The molecule has 3 aromatic heterocycles. The summed E-state index contributed by atoms with van der Waals surface area (Å²) in [5.74, 6) is 0. The van der Waals surface area contributed by atoms with Crippen LogP contribution in [-0.4, -0.2) is 13.7 Å². The zero-order valence-electron chi connectivity index (χ0n) is 55.4. The lowest BCUT2D eigenvalue weighted by atomic mass is 10.0. The molecule has 3 heteroatoms. The average Bonchev–Trinajstić information content (AvgIpc) is 3.96. The average molecular weight is 680 g/mol. The summed E-state index contributed by atoms with van der Waals surface area (Å²) >= 11 is 0. The maximum Gasteiger partial charge on any atom is 0.0652 e. The third kappa shape index (κ3) is 4.12. The lowest BCUT2D eigenvalue weighted by molar-refractivity contribution is 1.17. The minimum Gasteiger partial charge on any atom is -0.309 e. The van der Waals surface area contributed by atoms with E-state index in [2.05, 4.69) is 0 Å². The molecule has 0 amide bonds. The molecule has 0 radical (unpaired) electrons. The predicted molar refractivity (Wildman–Crippen MR) is 215 cm³/mol. The monoisotopic (exact) mass is 679 g/mol. The van der Waals surface area contributed by atoms with Crippen molar-refractivity contribution < 1.29 is 41.1 Å². The summed E-state index contributed by atoms with van der Waals surface area (Å²) in [6.07, 6.45) is 0. The SMILES string of the molecule is [2H]c1c([2H])c([2H])c(-n2c3c([2H])cc(-n4c5c([2H])c([2H])c([2H])c([2H])c5c5c([2H])c(-c6c([2H])c([2H])c7c(c6[2H])c6c([2H])c([2H])c([2H])c([2H])c6n7-c6c([2H])c([2H])c([2H])c([2H])c6[2H])c([2H])c([2H])c54)c([2H])c3c3c([2H])c([2H])c([2H])c([2H])c32)c([2H])c1[2H]. The molecule has 0 aliphatic carbocycles. The van der Waals surface area contributed by atoms with Gasteiger partial charge in [-0.1, -0.05) is 103 Å². The number of aromatic nitrogens is 3. The fraction of sp³-hybridized carbons (Fsp3) is 0. The standard InChI is InChI=1S/C48H31N3/c1-3-13-34(14-4-1)49-43-20-10-7-17-37(43)40-29-32(23-26-46(40)49)33-24-27-47-41(30-33)38-18-8-12-22-45(38)51(47)36-25-28-48-42(31-36)39-19-9-11-21-44(39)50(48)35-15-5-2-6-16-35/h1-31H/i1D,2D,3D,4D,5D,6D,7D,8D,9D,10D,11D,12D,13D,14D,15D,16D,17D,18D,19D,20D,21D,22D,23D,24D,26D,27D,28D,29D,30D,31D. The van der Waals surface area contributed by atoms with Crippen molar-refractivity contribution in [1.82, 2.24) is 13.7 Å². The molecule has 51 heavy (non-hydrogen) atoms. The lowest BCUT2D eigenvalue weighted by Crippen LogP contribution is -1.95. The van der Waals surface area contributed by atoms with Gasteiger partial charge in [0.1, 0.15) is 0 Å². The Morgan fingerprint density at radius 1 is 0.275 bits per heavy atom. The van der Waals surface area contributed by atoms with Crippen LogP contribution in [0.25, 0.3) is 93.6 Å². The van der Waals surface area contributed by atoms with Gasteiger partial charge < -0.3 is 13.7 Å². The minimum atomic E-state index is -1.03. The van der Waals surface area contributed by atoms with Crippen LogP contribution in [0.2, 0.25) is 0 Å². The third-order valence-corrected chi connectivity index (χ3v) is 8.43. The van der Waals surface area contributed by atoms with Crippen LogP contribution in [0.5, 0.6) is 0 Å². The third-order valence-electron chi connectivity index (χ3n) is 8.43. The van der Waals surface area contributed by atoms with E-state index in [1.807, 2.05) is 0 Å². The molecule has 3 heterocycles. The van der Waals surface area contributed by atoms with Gasteiger partial charge in [-0.15, -0.1) is 0 Å². The van der Waals surface area contributed by atoms with Gasteiger partial charge in [-0.2, -0.15) is 0 Å². The molecule has 238 valence electrons. The first kappa shape index (κ1) is 11.6. The van der Waals surface area contributed by atoms with E-state index in [1.54, 1.807) is 0 Å². The lowest BCUT2D eigenvalue weighted by Gasteiger charge is -2.11. The molecule has 3 nitrogen and oxygen atoms in total. The molecule has 0 fully saturated rings. The molecule has 0 N–H and O–H groups in total. The Morgan fingerprint density at radius 2 is 0.627 bits per heavy atom. The number of hydrogen-bond donors (Lipinski definition) is 0. The molecule has 0 saturated heterocycles.